The van der Waals surface area contributed by atoms with E-state index in [-0.39, 0.29) is 1.43 Å². The lowest BCUT2D eigenvalue weighted by Gasteiger charge is -1.87. The minimum atomic E-state index is 0. The van der Waals surface area contributed by atoms with Gasteiger partial charge in [-0.1, -0.05) is 26.3 Å². The Balaban J connectivity index is 0.000000381. The molecule has 1 aromatic carbocycles. The molecule has 2 rings (SSSR count). The van der Waals surface area contributed by atoms with E-state index in [0.29, 0.717) is 0 Å². The summed E-state index contributed by atoms with van der Waals surface area (Å²) in [6.45, 7) is 6.29. The third-order valence-electron chi connectivity index (χ3n) is 1.47. The number of aryl methyl sites for hydroxylation is 1. The van der Waals surface area contributed by atoms with Crippen molar-refractivity contribution in [2.45, 2.75) is 27.2 Å². The molecule has 0 amide bonds. The molecule has 0 spiro atoms. The molecule has 1 heterocycles. The number of H-pyrrole nitrogens is 1. The number of hydrogen-bond acceptors (Lipinski definition) is 2. The standard InChI is InChI=1S/C7H7N3.C3H8.H2/c1-5-2-3-6-7(4-5)9-10-8-6;1-3-2;/h2-4H,1H3,(H,8,9,10);3H2,1-2H3;1H. The number of aromatic nitrogens is 3. The van der Waals surface area contributed by atoms with Gasteiger partial charge in [-0.2, -0.15) is 15.4 Å². The quantitative estimate of drug-likeness (QED) is 0.675. The molecule has 0 bridgehead atoms. The summed E-state index contributed by atoms with van der Waals surface area (Å²) in [4.78, 5) is 0. The van der Waals surface area contributed by atoms with Crippen LogP contribution in [-0.2, 0) is 0 Å². The zero-order valence-electron chi connectivity index (χ0n) is 8.33. The van der Waals surface area contributed by atoms with Crippen LogP contribution in [0.3, 0.4) is 0 Å². The van der Waals surface area contributed by atoms with Crippen molar-refractivity contribution in [3.63, 3.8) is 0 Å². The maximum Gasteiger partial charge on any atom is 0.113 e. The van der Waals surface area contributed by atoms with Crippen molar-refractivity contribution in [3.8, 4) is 0 Å². The second kappa shape index (κ2) is 4.60. The van der Waals surface area contributed by atoms with Gasteiger partial charge in [0.1, 0.15) is 11.0 Å². The molecule has 0 unspecified atom stereocenters. The molecule has 3 heteroatoms. The Kier molecular flexibility index (Phi) is 3.43. The Labute approximate surface area is 79.6 Å². The number of aromatic amines is 1. The highest BCUT2D eigenvalue weighted by Gasteiger charge is 1.94. The number of rotatable bonds is 0. The Morgan fingerprint density at radius 2 is 1.85 bits per heavy atom. The van der Waals surface area contributed by atoms with Crippen molar-refractivity contribution in [2.24, 2.45) is 0 Å². The molecule has 1 N–H and O–H groups in total. The summed E-state index contributed by atoms with van der Waals surface area (Å²) in [5.74, 6) is 0. The van der Waals surface area contributed by atoms with Gasteiger partial charge in [0.05, 0.1) is 0 Å². The first-order valence-corrected chi connectivity index (χ1v) is 4.55. The van der Waals surface area contributed by atoms with E-state index in [9.17, 15) is 0 Å². The molecule has 0 saturated carbocycles. The van der Waals surface area contributed by atoms with Crippen LogP contribution in [0.4, 0.5) is 0 Å². The van der Waals surface area contributed by atoms with Gasteiger partial charge in [0.15, 0.2) is 0 Å². The third kappa shape index (κ3) is 2.54. The summed E-state index contributed by atoms with van der Waals surface area (Å²) < 4.78 is 0. The minimum Gasteiger partial charge on any atom is -0.197 e. The molecule has 0 fully saturated rings. The molecule has 0 atom stereocenters. The van der Waals surface area contributed by atoms with Gasteiger partial charge in [-0.15, -0.1) is 0 Å². The van der Waals surface area contributed by atoms with E-state index >= 15 is 0 Å². The van der Waals surface area contributed by atoms with Crippen LogP contribution >= 0.6 is 0 Å². The van der Waals surface area contributed by atoms with E-state index in [0.717, 1.165) is 11.0 Å². The van der Waals surface area contributed by atoms with E-state index in [1.54, 1.807) is 0 Å². The van der Waals surface area contributed by atoms with Crippen LogP contribution in [0.25, 0.3) is 11.0 Å². The van der Waals surface area contributed by atoms with Crippen molar-refractivity contribution in [1.82, 2.24) is 15.4 Å². The predicted molar refractivity (Wildman–Crippen MR) is 56.7 cm³/mol. The number of fused-ring (bicyclic) bond motifs is 1. The SMILES string of the molecule is CCC.Cc1ccc2n[nH]nc2c1.[HH]. The molecule has 0 aliphatic heterocycles. The highest BCUT2D eigenvalue weighted by Crippen LogP contribution is 2.08. The molecule has 2 aromatic rings. The molecule has 3 nitrogen and oxygen atoms in total. The summed E-state index contributed by atoms with van der Waals surface area (Å²) in [6.07, 6.45) is 1.25. The first-order chi connectivity index (χ1) is 6.27. The maximum absolute atomic E-state index is 3.94. The Hall–Kier alpha value is -1.38. The first-order valence-electron chi connectivity index (χ1n) is 4.55. The van der Waals surface area contributed by atoms with Gasteiger partial charge in [-0.3, -0.25) is 0 Å². The summed E-state index contributed by atoms with van der Waals surface area (Å²) in [6, 6.07) is 5.97. The Morgan fingerprint density at radius 3 is 2.54 bits per heavy atom. The highest BCUT2D eigenvalue weighted by atomic mass is 15.3. The highest BCUT2D eigenvalue weighted by molar-refractivity contribution is 5.73. The maximum atomic E-state index is 3.94. The topological polar surface area (TPSA) is 41.6 Å². The second-order valence-corrected chi connectivity index (χ2v) is 3.02. The fraction of sp³-hybridized carbons (Fsp3) is 0.400. The Morgan fingerprint density at radius 1 is 1.23 bits per heavy atom. The van der Waals surface area contributed by atoms with Crippen LogP contribution in [0.1, 0.15) is 27.3 Å². The molecule has 72 valence electrons. The molecule has 0 aliphatic rings. The van der Waals surface area contributed by atoms with Gasteiger partial charge in [0.2, 0.25) is 0 Å². The van der Waals surface area contributed by atoms with Crippen molar-refractivity contribution in [3.05, 3.63) is 23.8 Å². The summed E-state index contributed by atoms with van der Waals surface area (Å²) in [7, 11) is 0. The predicted octanol–water partition coefficient (Wildman–Crippen LogP) is 2.93. The normalized spacial score (nSPS) is 9.46. The van der Waals surface area contributed by atoms with Gasteiger partial charge in [0, 0.05) is 1.43 Å². The molecule has 0 saturated heterocycles. The number of hydrogen-bond donors (Lipinski definition) is 1. The van der Waals surface area contributed by atoms with E-state index in [1.807, 2.05) is 25.1 Å². The van der Waals surface area contributed by atoms with Crippen molar-refractivity contribution in [2.75, 3.05) is 0 Å². The lowest BCUT2D eigenvalue weighted by atomic mass is 10.2. The summed E-state index contributed by atoms with van der Waals surface area (Å²) in [5, 5.41) is 10.4. The van der Waals surface area contributed by atoms with Crippen molar-refractivity contribution >= 4 is 11.0 Å². The fourth-order valence-electron chi connectivity index (χ4n) is 0.950. The van der Waals surface area contributed by atoms with Gasteiger partial charge >= 0.3 is 0 Å². The van der Waals surface area contributed by atoms with E-state index in [4.69, 9.17) is 0 Å². The van der Waals surface area contributed by atoms with Crippen LogP contribution < -0.4 is 0 Å². The van der Waals surface area contributed by atoms with E-state index in [2.05, 4.69) is 29.3 Å². The van der Waals surface area contributed by atoms with E-state index in [1.165, 1.54) is 12.0 Å². The molecular formula is C10H17N3. The second-order valence-electron chi connectivity index (χ2n) is 3.02. The first kappa shape index (κ1) is 9.71. The zero-order chi connectivity index (χ0) is 9.68. The summed E-state index contributed by atoms with van der Waals surface area (Å²) in [5.41, 5.74) is 3.06. The third-order valence-corrected chi connectivity index (χ3v) is 1.47. The molecule has 13 heavy (non-hydrogen) atoms. The van der Waals surface area contributed by atoms with Crippen molar-refractivity contribution < 1.29 is 1.43 Å². The molecule has 0 aliphatic carbocycles. The smallest absolute Gasteiger partial charge is 0.113 e. The minimum absolute atomic E-state index is 0. The average Bonchev–Trinajstić information content (AvgIpc) is 2.52. The van der Waals surface area contributed by atoms with Gasteiger partial charge < -0.3 is 0 Å². The van der Waals surface area contributed by atoms with Crippen LogP contribution in [0.15, 0.2) is 18.2 Å². The number of benzene rings is 1. The largest absolute Gasteiger partial charge is 0.197 e. The van der Waals surface area contributed by atoms with Gasteiger partial charge in [0.25, 0.3) is 0 Å². The van der Waals surface area contributed by atoms with Crippen molar-refractivity contribution in [1.29, 1.82) is 0 Å². The lowest BCUT2D eigenvalue weighted by Crippen LogP contribution is -1.71. The molecular weight excluding hydrogens is 162 g/mol. The monoisotopic (exact) mass is 179 g/mol. The van der Waals surface area contributed by atoms with Crippen LogP contribution in [0, 0.1) is 6.92 Å². The fourth-order valence-corrected chi connectivity index (χ4v) is 0.950. The van der Waals surface area contributed by atoms with Crippen LogP contribution in [-0.4, -0.2) is 15.4 Å². The molecule has 0 radical (unpaired) electrons. The lowest BCUT2D eigenvalue weighted by molar-refractivity contribution is 0.959. The van der Waals surface area contributed by atoms with Crippen LogP contribution in [0.5, 0.6) is 0 Å². The zero-order valence-corrected chi connectivity index (χ0v) is 8.33. The number of nitrogens with one attached hydrogen (secondary N) is 1. The Bertz CT molecular complexity index is 370. The number of nitrogens with zero attached hydrogens (tertiary/aromatic N) is 2. The van der Waals surface area contributed by atoms with E-state index < -0.39 is 0 Å². The average molecular weight is 179 g/mol. The summed E-state index contributed by atoms with van der Waals surface area (Å²) >= 11 is 0. The molecule has 1 aromatic heterocycles. The van der Waals surface area contributed by atoms with Gasteiger partial charge in [-0.25, -0.2) is 0 Å². The van der Waals surface area contributed by atoms with Gasteiger partial charge in [-0.05, 0) is 24.6 Å². The van der Waals surface area contributed by atoms with Crippen LogP contribution in [0.2, 0.25) is 0 Å².